The molecule has 0 aliphatic heterocycles. The van der Waals surface area contributed by atoms with Crippen molar-refractivity contribution in [1.29, 1.82) is 0 Å². The van der Waals surface area contributed by atoms with Crippen LogP contribution in [-0.2, 0) is 12.2 Å². The zero-order valence-electron chi connectivity index (χ0n) is 16.6. The molecule has 1 unspecified atom stereocenters. The number of nitro benzene ring substituents is 1. The lowest BCUT2D eigenvalue weighted by atomic mass is 9.82. The summed E-state index contributed by atoms with van der Waals surface area (Å²) in [6.07, 6.45) is 2.75. The minimum Gasteiger partial charge on any atom is -0.294 e. The van der Waals surface area contributed by atoms with E-state index in [0.717, 1.165) is 16.8 Å². The maximum Gasteiger partial charge on any atom is 0.269 e. The Morgan fingerprint density at radius 3 is 2.75 bits per heavy atom. The van der Waals surface area contributed by atoms with Crippen molar-refractivity contribution in [3.8, 4) is 0 Å². The summed E-state index contributed by atoms with van der Waals surface area (Å²) in [5, 5.41) is 16.5. The number of hydrogen-bond acceptors (Lipinski definition) is 7. The second kappa shape index (κ2) is 8.33. The molecule has 0 amide bonds. The van der Waals surface area contributed by atoms with Gasteiger partial charge in [-0.1, -0.05) is 47.6 Å². The van der Waals surface area contributed by atoms with Crippen molar-refractivity contribution in [3.05, 3.63) is 92.2 Å². The van der Waals surface area contributed by atoms with Crippen LogP contribution in [0, 0.1) is 10.1 Å². The number of Topliss-reactive ketones (excluding diaryl/α,β-unsaturated/α-hetero) is 1. The third kappa shape index (κ3) is 4.09. The highest BCUT2D eigenvalue weighted by molar-refractivity contribution is 7.98. The van der Waals surface area contributed by atoms with Gasteiger partial charge in [-0.3, -0.25) is 14.9 Å². The van der Waals surface area contributed by atoms with Crippen molar-refractivity contribution in [2.75, 3.05) is 0 Å². The van der Waals surface area contributed by atoms with Crippen molar-refractivity contribution in [3.63, 3.8) is 0 Å². The first kappa shape index (κ1) is 20.6. The zero-order chi connectivity index (χ0) is 22.2. The van der Waals surface area contributed by atoms with E-state index >= 15 is 0 Å². The number of fused-ring (bicyclic) bond motifs is 2. The number of non-ortho nitro benzene ring substituents is 1. The number of rotatable bonds is 5. The van der Waals surface area contributed by atoms with Crippen LogP contribution >= 0.6 is 23.4 Å². The molecule has 0 N–H and O–H groups in total. The molecule has 1 aliphatic carbocycles. The van der Waals surface area contributed by atoms with Crippen molar-refractivity contribution in [1.82, 2.24) is 19.6 Å². The molecule has 0 radical (unpaired) electrons. The van der Waals surface area contributed by atoms with Gasteiger partial charge in [0.05, 0.1) is 16.2 Å². The van der Waals surface area contributed by atoms with E-state index in [9.17, 15) is 14.9 Å². The molecule has 1 atom stereocenters. The number of benzene rings is 2. The molecule has 0 saturated heterocycles. The molecule has 1 aliphatic rings. The number of aromatic nitrogens is 4. The van der Waals surface area contributed by atoms with Gasteiger partial charge in [0, 0.05) is 35.5 Å². The lowest BCUT2D eigenvalue weighted by Crippen LogP contribution is -2.21. The van der Waals surface area contributed by atoms with Crippen LogP contribution in [0.15, 0.2) is 59.9 Å². The van der Waals surface area contributed by atoms with Crippen LogP contribution in [0.5, 0.6) is 0 Å². The first-order valence-electron chi connectivity index (χ1n) is 9.87. The fraction of sp³-hybridized carbons (Fsp3) is 0.182. The Bertz CT molecular complexity index is 1360. The van der Waals surface area contributed by atoms with Gasteiger partial charge in [0.2, 0.25) is 5.16 Å². The van der Waals surface area contributed by atoms with Gasteiger partial charge in [0.1, 0.15) is 0 Å². The van der Waals surface area contributed by atoms with Crippen molar-refractivity contribution >= 4 is 40.6 Å². The van der Waals surface area contributed by atoms with Crippen molar-refractivity contribution in [2.24, 2.45) is 0 Å². The van der Waals surface area contributed by atoms with E-state index in [1.54, 1.807) is 12.3 Å². The lowest BCUT2D eigenvalue weighted by Gasteiger charge is -2.23. The van der Waals surface area contributed by atoms with Gasteiger partial charge in [-0.15, -0.1) is 5.10 Å². The molecule has 0 fully saturated rings. The Labute approximate surface area is 191 Å². The number of hydrogen-bond donors (Lipinski definition) is 0. The summed E-state index contributed by atoms with van der Waals surface area (Å²) in [5.41, 5.74) is 3.20. The van der Waals surface area contributed by atoms with Gasteiger partial charge in [-0.05, 0) is 35.6 Å². The van der Waals surface area contributed by atoms with Gasteiger partial charge in [-0.25, -0.2) is 9.50 Å². The normalized spacial score (nSPS) is 15.7. The van der Waals surface area contributed by atoms with E-state index in [4.69, 9.17) is 11.6 Å². The highest BCUT2D eigenvalue weighted by Crippen LogP contribution is 2.33. The van der Waals surface area contributed by atoms with Crippen molar-refractivity contribution < 1.29 is 9.72 Å². The summed E-state index contributed by atoms with van der Waals surface area (Å²) in [6, 6.07) is 14.0. The van der Waals surface area contributed by atoms with E-state index < -0.39 is 4.92 Å². The molecule has 160 valence electrons. The van der Waals surface area contributed by atoms with E-state index in [2.05, 4.69) is 15.1 Å². The molecule has 5 rings (SSSR count). The van der Waals surface area contributed by atoms with Crippen LogP contribution in [0.2, 0.25) is 5.02 Å². The minimum absolute atomic E-state index is 0.0295. The number of halogens is 1. The predicted molar refractivity (Wildman–Crippen MR) is 120 cm³/mol. The second-order valence-corrected chi connectivity index (χ2v) is 8.91. The van der Waals surface area contributed by atoms with Crippen LogP contribution in [0.1, 0.15) is 39.5 Å². The Morgan fingerprint density at radius 2 is 1.97 bits per heavy atom. The van der Waals surface area contributed by atoms with Crippen LogP contribution in [-0.4, -0.2) is 30.3 Å². The number of nitro groups is 1. The molecule has 0 saturated carbocycles. The largest absolute Gasteiger partial charge is 0.294 e. The molecule has 2 heterocycles. The molecule has 0 bridgehead atoms. The first-order valence-corrected chi connectivity index (χ1v) is 11.2. The average molecular weight is 466 g/mol. The first-order chi connectivity index (χ1) is 15.5. The third-order valence-electron chi connectivity index (χ3n) is 5.39. The zero-order valence-corrected chi connectivity index (χ0v) is 18.2. The maximum absolute atomic E-state index is 12.8. The monoisotopic (exact) mass is 465 g/mol. The molecule has 2 aromatic heterocycles. The minimum atomic E-state index is -0.417. The summed E-state index contributed by atoms with van der Waals surface area (Å²) in [5.74, 6) is 0.986. The molecule has 2 aromatic carbocycles. The summed E-state index contributed by atoms with van der Waals surface area (Å²) >= 11 is 7.34. The molecule has 4 aromatic rings. The van der Waals surface area contributed by atoms with Crippen molar-refractivity contribution in [2.45, 2.75) is 29.7 Å². The molecular weight excluding hydrogens is 450 g/mol. The van der Waals surface area contributed by atoms with Gasteiger partial charge in [0.25, 0.3) is 11.5 Å². The maximum atomic E-state index is 12.8. The highest BCUT2D eigenvalue weighted by atomic mass is 35.5. The Hall–Kier alpha value is -3.30. The fourth-order valence-electron chi connectivity index (χ4n) is 3.80. The summed E-state index contributed by atoms with van der Waals surface area (Å²) in [4.78, 5) is 32.4. The SMILES string of the molecule is O=C1CC(c2ccc(Cl)cc2)Cc2nc3nc(SCc4cccc([N+](=O)[O-])c4)nn3cc21. The summed E-state index contributed by atoms with van der Waals surface area (Å²) in [6.45, 7) is 0. The Kier molecular flexibility index (Phi) is 5.36. The topological polar surface area (TPSA) is 103 Å². The third-order valence-corrected chi connectivity index (χ3v) is 6.55. The van der Waals surface area contributed by atoms with E-state index in [-0.39, 0.29) is 17.4 Å². The molecule has 8 nitrogen and oxygen atoms in total. The van der Waals surface area contributed by atoms with Crippen LogP contribution < -0.4 is 0 Å². The molecule has 32 heavy (non-hydrogen) atoms. The smallest absolute Gasteiger partial charge is 0.269 e. The van der Waals surface area contributed by atoms with Crippen LogP contribution in [0.4, 0.5) is 5.69 Å². The van der Waals surface area contributed by atoms with E-state index in [1.165, 1.54) is 28.4 Å². The highest BCUT2D eigenvalue weighted by Gasteiger charge is 2.28. The van der Waals surface area contributed by atoms with Crippen LogP contribution in [0.25, 0.3) is 5.78 Å². The summed E-state index contributed by atoms with van der Waals surface area (Å²) in [7, 11) is 0. The van der Waals surface area contributed by atoms with Gasteiger partial charge in [-0.2, -0.15) is 4.98 Å². The number of nitrogens with zero attached hydrogens (tertiary/aromatic N) is 5. The predicted octanol–water partition coefficient (Wildman–Crippen LogP) is 4.89. The van der Waals surface area contributed by atoms with E-state index in [0.29, 0.717) is 40.1 Å². The quantitative estimate of drug-likeness (QED) is 0.235. The summed E-state index contributed by atoms with van der Waals surface area (Å²) < 4.78 is 1.52. The molecular formula is C22H16ClN5O3S. The molecule has 10 heteroatoms. The number of ketones is 1. The standard InChI is InChI=1S/C22H16ClN5O3S/c23-16-6-4-14(5-7-16)15-9-19-18(20(29)10-15)11-27-21(24-19)25-22(26-27)32-12-13-2-1-3-17(8-13)28(30)31/h1-8,11,15H,9-10,12H2. The number of thioether (sulfide) groups is 1. The Morgan fingerprint density at radius 1 is 1.16 bits per heavy atom. The number of carbonyl (C=O) groups excluding carboxylic acids is 1. The van der Waals surface area contributed by atoms with Gasteiger partial charge < -0.3 is 0 Å². The average Bonchev–Trinajstić information content (AvgIpc) is 3.19. The van der Waals surface area contributed by atoms with E-state index in [1.807, 2.05) is 30.3 Å². The fourth-order valence-corrected chi connectivity index (χ4v) is 4.70. The lowest BCUT2D eigenvalue weighted by molar-refractivity contribution is -0.384. The van der Waals surface area contributed by atoms with Gasteiger partial charge >= 0.3 is 0 Å². The van der Waals surface area contributed by atoms with Crippen LogP contribution in [0.3, 0.4) is 0 Å². The molecule has 0 spiro atoms. The Balaban J connectivity index is 1.38. The van der Waals surface area contributed by atoms with Gasteiger partial charge in [0.15, 0.2) is 5.78 Å². The second-order valence-electron chi connectivity index (χ2n) is 7.54. The number of carbonyl (C=O) groups is 1.